The number of ether oxygens (including phenoxy) is 1. The molecule has 18 heavy (non-hydrogen) atoms. The molecule has 0 fully saturated rings. The van der Waals surface area contributed by atoms with Gasteiger partial charge in [0.2, 0.25) is 0 Å². The van der Waals surface area contributed by atoms with Crippen LogP contribution in [0, 0.1) is 0 Å². The zero-order valence-corrected chi connectivity index (χ0v) is 11.3. The molecule has 0 spiro atoms. The minimum Gasteiger partial charge on any atom is -0.494 e. The lowest BCUT2D eigenvalue weighted by atomic mass is 10.3. The van der Waals surface area contributed by atoms with Gasteiger partial charge in [-0.05, 0) is 25.1 Å². The molecule has 0 aliphatic carbocycles. The second-order valence-electron chi connectivity index (χ2n) is 3.65. The Labute approximate surface area is 112 Å². The first-order valence-electron chi connectivity index (χ1n) is 5.51. The molecule has 0 saturated heterocycles. The van der Waals surface area contributed by atoms with E-state index < -0.39 is 0 Å². The summed E-state index contributed by atoms with van der Waals surface area (Å²) in [4.78, 5) is 8.80. The number of nitrogen functional groups attached to an aromatic ring is 1. The molecule has 0 aliphatic rings. The molecule has 4 nitrogen and oxygen atoms in total. The minimum atomic E-state index is 0.569. The fourth-order valence-corrected chi connectivity index (χ4v) is 3.23. The van der Waals surface area contributed by atoms with Gasteiger partial charge in [0, 0.05) is 5.38 Å². The number of fused-ring (bicyclic) bond motifs is 1. The highest BCUT2D eigenvalue weighted by molar-refractivity contribution is 7.22. The van der Waals surface area contributed by atoms with E-state index in [9.17, 15) is 0 Å². The SMILES string of the molecule is CCOc1ccc2nc(-c3csc(N)n3)sc2c1. The molecule has 3 aromatic rings. The Bertz CT molecular complexity index is 690. The van der Waals surface area contributed by atoms with Crippen molar-refractivity contribution in [1.29, 1.82) is 0 Å². The Morgan fingerprint density at radius 1 is 1.33 bits per heavy atom. The fraction of sp³-hybridized carbons (Fsp3) is 0.167. The van der Waals surface area contributed by atoms with Gasteiger partial charge >= 0.3 is 0 Å². The first-order valence-corrected chi connectivity index (χ1v) is 7.20. The Balaban J connectivity index is 2.05. The van der Waals surface area contributed by atoms with Gasteiger partial charge in [-0.2, -0.15) is 0 Å². The summed E-state index contributed by atoms with van der Waals surface area (Å²) in [6, 6.07) is 5.91. The molecule has 0 aliphatic heterocycles. The zero-order valence-electron chi connectivity index (χ0n) is 9.71. The molecular formula is C12H11N3OS2. The van der Waals surface area contributed by atoms with Crippen LogP contribution in [-0.4, -0.2) is 16.6 Å². The third-order valence-corrected chi connectivity index (χ3v) is 4.13. The quantitative estimate of drug-likeness (QED) is 0.797. The van der Waals surface area contributed by atoms with Gasteiger partial charge < -0.3 is 10.5 Å². The lowest BCUT2D eigenvalue weighted by Crippen LogP contribution is -1.89. The summed E-state index contributed by atoms with van der Waals surface area (Å²) in [5.41, 5.74) is 7.45. The molecule has 0 amide bonds. The molecule has 0 unspecified atom stereocenters. The highest BCUT2D eigenvalue weighted by atomic mass is 32.1. The van der Waals surface area contributed by atoms with E-state index in [2.05, 4.69) is 9.97 Å². The van der Waals surface area contributed by atoms with E-state index in [-0.39, 0.29) is 0 Å². The number of thiazole rings is 2. The Morgan fingerprint density at radius 2 is 2.22 bits per heavy atom. The molecule has 0 radical (unpaired) electrons. The first-order chi connectivity index (χ1) is 8.76. The largest absolute Gasteiger partial charge is 0.494 e. The van der Waals surface area contributed by atoms with Crippen LogP contribution >= 0.6 is 22.7 Å². The Hall–Kier alpha value is -1.66. The number of hydrogen-bond acceptors (Lipinski definition) is 6. The van der Waals surface area contributed by atoms with Crippen LogP contribution in [0.3, 0.4) is 0 Å². The van der Waals surface area contributed by atoms with E-state index in [1.807, 2.05) is 30.5 Å². The van der Waals surface area contributed by atoms with Crippen molar-refractivity contribution in [3.05, 3.63) is 23.6 Å². The van der Waals surface area contributed by atoms with E-state index in [0.717, 1.165) is 26.7 Å². The maximum atomic E-state index is 5.64. The van der Waals surface area contributed by atoms with Crippen molar-refractivity contribution in [3.63, 3.8) is 0 Å². The van der Waals surface area contributed by atoms with Crippen LogP contribution in [0.2, 0.25) is 0 Å². The fourth-order valence-electron chi connectivity index (χ4n) is 1.66. The molecule has 0 saturated carbocycles. The van der Waals surface area contributed by atoms with E-state index in [4.69, 9.17) is 10.5 Å². The highest BCUT2D eigenvalue weighted by Crippen LogP contribution is 2.33. The van der Waals surface area contributed by atoms with Gasteiger partial charge in [-0.3, -0.25) is 0 Å². The number of benzene rings is 1. The highest BCUT2D eigenvalue weighted by Gasteiger charge is 2.09. The summed E-state index contributed by atoms with van der Waals surface area (Å²) in [6.45, 7) is 2.64. The minimum absolute atomic E-state index is 0.569. The molecule has 2 N–H and O–H groups in total. The van der Waals surface area contributed by atoms with Crippen LogP contribution < -0.4 is 10.5 Å². The van der Waals surface area contributed by atoms with E-state index in [1.165, 1.54) is 11.3 Å². The van der Waals surface area contributed by atoms with Crippen LogP contribution in [0.15, 0.2) is 23.6 Å². The van der Waals surface area contributed by atoms with Crippen LogP contribution in [0.4, 0.5) is 5.13 Å². The van der Waals surface area contributed by atoms with Crippen LogP contribution in [-0.2, 0) is 0 Å². The number of rotatable bonds is 3. The topological polar surface area (TPSA) is 61.0 Å². The molecule has 92 valence electrons. The normalized spacial score (nSPS) is 10.9. The Morgan fingerprint density at radius 3 is 2.94 bits per heavy atom. The summed E-state index contributed by atoms with van der Waals surface area (Å²) < 4.78 is 6.58. The number of nitrogens with two attached hydrogens (primary N) is 1. The van der Waals surface area contributed by atoms with Gasteiger partial charge in [-0.1, -0.05) is 0 Å². The molecule has 1 aromatic carbocycles. The third-order valence-electron chi connectivity index (χ3n) is 2.41. The van der Waals surface area contributed by atoms with Crippen molar-refractivity contribution in [2.75, 3.05) is 12.3 Å². The average molecular weight is 277 g/mol. The maximum absolute atomic E-state index is 5.64. The van der Waals surface area contributed by atoms with Crippen molar-refractivity contribution in [1.82, 2.24) is 9.97 Å². The molecule has 0 bridgehead atoms. The summed E-state index contributed by atoms with van der Waals surface area (Å²) in [7, 11) is 0. The standard InChI is InChI=1S/C12H11N3OS2/c1-2-16-7-3-4-8-10(5-7)18-11(14-8)9-6-17-12(13)15-9/h3-6H,2H2,1H3,(H2,13,15). The monoisotopic (exact) mass is 277 g/mol. The summed E-state index contributed by atoms with van der Waals surface area (Å²) >= 11 is 3.03. The van der Waals surface area contributed by atoms with Gasteiger partial charge in [-0.25, -0.2) is 9.97 Å². The number of aromatic nitrogens is 2. The molecule has 2 heterocycles. The maximum Gasteiger partial charge on any atom is 0.180 e. The van der Waals surface area contributed by atoms with Crippen LogP contribution in [0.5, 0.6) is 5.75 Å². The van der Waals surface area contributed by atoms with Crippen molar-refractivity contribution < 1.29 is 4.74 Å². The van der Waals surface area contributed by atoms with Crippen molar-refractivity contribution >= 4 is 38.0 Å². The number of anilines is 1. The second kappa shape index (κ2) is 4.55. The van der Waals surface area contributed by atoms with Gasteiger partial charge in [0.15, 0.2) is 5.13 Å². The molecular weight excluding hydrogens is 266 g/mol. The van der Waals surface area contributed by atoms with Crippen molar-refractivity contribution in [2.45, 2.75) is 6.92 Å². The van der Waals surface area contributed by atoms with Crippen LogP contribution in [0.25, 0.3) is 20.9 Å². The predicted octanol–water partition coefficient (Wildman–Crippen LogP) is 3.40. The zero-order chi connectivity index (χ0) is 12.5. The van der Waals surface area contributed by atoms with E-state index in [0.29, 0.717) is 11.7 Å². The van der Waals surface area contributed by atoms with E-state index >= 15 is 0 Å². The molecule has 0 atom stereocenters. The van der Waals surface area contributed by atoms with E-state index in [1.54, 1.807) is 11.3 Å². The average Bonchev–Trinajstić information content (AvgIpc) is 2.94. The number of hydrogen-bond donors (Lipinski definition) is 1. The molecule has 6 heteroatoms. The van der Waals surface area contributed by atoms with Crippen molar-refractivity contribution in [2.24, 2.45) is 0 Å². The summed E-state index contributed by atoms with van der Waals surface area (Å²) in [6.07, 6.45) is 0. The predicted molar refractivity (Wildman–Crippen MR) is 76.3 cm³/mol. The third kappa shape index (κ3) is 2.04. The van der Waals surface area contributed by atoms with Crippen LogP contribution in [0.1, 0.15) is 6.92 Å². The van der Waals surface area contributed by atoms with Gasteiger partial charge in [0.05, 0.1) is 16.8 Å². The van der Waals surface area contributed by atoms with Crippen molar-refractivity contribution in [3.8, 4) is 16.5 Å². The smallest absolute Gasteiger partial charge is 0.180 e. The van der Waals surface area contributed by atoms with Gasteiger partial charge in [0.1, 0.15) is 16.5 Å². The summed E-state index contributed by atoms with van der Waals surface area (Å²) in [5.74, 6) is 0.873. The first kappa shape index (κ1) is 11.4. The lowest BCUT2D eigenvalue weighted by molar-refractivity contribution is 0.341. The summed E-state index contributed by atoms with van der Waals surface area (Å²) in [5, 5.41) is 3.39. The number of nitrogens with zero attached hydrogens (tertiary/aromatic N) is 2. The van der Waals surface area contributed by atoms with Gasteiger partial charge in [0.25, 0.3) is 0 Å². The molecule has 2 aromatic heterocycles. The van der Waals surface area contributed by atoms with Gasteiger partial charge in [-0.15, -0.1) is 22.7 Å². The second-order valence-corrected chi connectivity index (χ2v) is 5.57. The lowest BCUT2D eigenvalue weighted by Gasteiger charge is -2.00. The Kier molecular flexibility index (Phi) is 2.89. The molecule has 3 rings (SSSR count).